The number of hydrogen-bond donors (Lipinski definition) is 0. The number of carbonyl (C=O) groups is 1. The Hall–Kier alpha value is -3.21. The molecule has 0 saturated carbocycles. The van der Waals surface area contributed by atoms with Crippen molar-refractivity contribution >= 4 is 17.4 Å². The van der Waals surface area contributed by atoms with Gasteiger partial charge in [-0.05, 0) is 31.4 Å². The number of amides is 1. The fourth-order valence-electron chi connectivity index (χ4n) is 4.28. The number of aryl methyl sites for hydroxylation is 2. The van der Waals surface area contributed by atoms with Crippen molar-refractivity contribution in [3.63, 3.8) is 0 Å². The molecule has 5 nitrogen and oxygen atoms in total. The topological polar surface area (TPSA) is 49.3 Å². The van der Waals surface area contributed by atoms with E-state index >= 15 is 0 Å². The van der Waals surface area contributed by atoms with E-state index in [4.69, 9.17) is 0 Å². The maximum atomic E-state index is 13.2. The molecule has 1 aromatic heterocycles. The fraction of sp³-hybridized carbons (Fsp3) is 0.292. The van der Waals surface area contributed by atoms with Crippen molar-refractivity contribution in [3.05, 3.63) is 72.1 Å². The van der Waals surface area contributed by atoms with Gasteiger partial charge in [0, 0.05) is 37.0 Å². The molecule has 29 heavy (non-hydrogen) atoms. The van der Waals surface area contributed by atoms with Gasteiger partial charge in [-0.3, -0.25) is 4.79 Å². The van der Waals surface area contributed by atoms with Crippen LogP contribution in [0.3, 0.4) is 0 Å². The van der Waals surface area contributed by atoms with Crippen LogP contribution >= 0.6 is 0 Å². The van der Waals surface area contributed by atoms with Crippen molar-refractivity contribution in [2.45, 2.75) is 19.8 Å². The van der Waals surface area contributed by atoms with Gasteiger partial charge in [-0.2, -0.15) is 0 Å². The average molecular weight is 384 g/mol. The summed E-state index contributed by atoms with van der Waals surface area (Å²) in [6.45, 7) is 4.34. The molecule has 0 aliphatic carbocycles. The third-order valence-electron chi connectivity index (χ3n) is 5.90. The molecule has 0 unspecified atom stereocenters. The van der Waals surface area contributed by atoms with Crippen LogP contribution in [0.1, 0.15) is 17.5 Å². The van der Waals surface area contributed by atoms with Crippen LogP contribution in [-0.4, -0.2) is 35.5 Å². The lowest BCUT2D eigenvalue weighted by atomic mass is 9.94. The first-order valence-corrected chi connectivity index (χ1v) is 10.2. The van der Waals surface area contributed by atoms with Gasteiger partial charge < -0.3 is 9.80 Å². The Balaban J connectivity index is 1.29. The Bertz CT molecular complexity index is 1040. The van der Waals surface area contributed by atoms with E-state index in [0.29, 0.717) is 13.1 Å². The summed E-state index contributed by atoms with van der Waals surface area (Å²) in [5.41, 5.74) is 5.63. The molecule has 1 saturated heterocycles. The molecule has 0 spiro atoms. The highest BCUT2D eigenvalue weighted by Gasteiger charge is 2.37. The lowest BCUT2D eigenvalue weighted by Gasteiger charge is -2.42. The van der Waals surface area contributed by atoms with E-state index in [0.717, 1.165) is 42.1 Å². The Morgan fingerprint density at radius 1 is 1.03 bits per heavy atom. The first kappa shape index (κ1) is 17.9. The Kier molecular flexibility index (Phi) is 4.51. The molecule has 2 aliphatic heterocycles. The highest BCUT2D eigenvalue weighted by Crippen LogP contribution is 2.32. The lowest BCUT2D eigenvalue weighted by Crippen LogP contribution is -2.55. The standard InChI is InChI=1S/C24H24N4O/c1-17-9-10-22-19(12-17)8-5-11-28(22)24(29)20-14-27(15-20)23-13-21(25-16-26-23)18-6-3-2-4-7-18/h2-4,6-7,9-10,12-13,16,20H,5,8,11,14-15H2,1H3. The second-order valence-electron chi connectivity index (χ2n) is 7.95. The van der Waals surface area contributed by atoms with Gasteiger partial charge in [0.25, 0.3) is 0 Å². The van der Waals surface area contributed by atoms with Gasteiger partial charge in [-0.15, -0.1) is 0 Å². The van der Waals surface area contributed by atoms with Crippen LogP contribution in [0, 0.1) is 12.8 Å². The number of aromatic nitrogens is 2. The summed E-state index contributed by atoms with van der Waals surface area (Å²) in [6.07, 6.45) is 3.70. The summed E-state index contributed by atoms with van der Waals surface area (Å²) in [4.78, 5) is 26.1. The summed E-state index contributed by atoms with van der Waals surface area (Å²) in [7, 11) is 0. The fourth-order valence-corrected chi connectivity index (χ4v) is 4.28. The summed E-state index contributed by atoms with van der Waals surface area (Å²) in [5.74, 6) is 1.15. The number of benzene rings is 2. The van der Waals surface area contributed by atoms with Crippen LogP contribution in [0.2, 0.25) is 0 Å². The molecule has 0 bridgehead atoms. The van der Waals surface area contributed by atoms with E-state index in [1.54, 1.807) is 6.33 Å². The molecule has 5 heteroatoms. The van der Waals surface area contributed by atoms with Crippen LogP contribution in [0.25, 0.3) is 11.3 Å². The van der Waals surface area contributed by atoms with Crippen molar-refractivity contribution in [1.82, 2.24) is 9.97 Å². The average Bonchev–Trinajstić information content (AvgIpc) is 2.73. The summed E-state index contributed by atoms with van der Waals surface area (Å²) in [6, 6.07) is 18.5. The van der Waals surface area contributed by atoms with Crippen molar-refractivity contribution < 1.29 is 4.79 Å². The molecule has 2 aromatic carbocycles. The number of hydrogen-bond acceptors (Lipinski definition) is 4. The zero-order valence-corrected chi connectivity index (χ0v) is 16.6. The van der Waals surface area contributed by atoms with Crippen molar-refractivity contribution in [1.29, 1.82) is 0 Å². The normalized spacial score (nSPS) is 16.3. The molecular weight excluding hydrogens is 360 g/mol. The van der Waals surface area contributed by atoms with E-state index < -0.39 is 0 Å². The second-order valence-corrected chi connectivity index (χ2v) is 7.95. The molecule has 0 N–H and O–H groups in total. The maximum Gasteiger partial charge on any atom is 0.233 e. The second kappa shape index (κ2) is 7.32. The molecule has 1 amide bonds. The van der Waals surface area contributed by atoms with E-state index in [1.165, 1.54) is 11.1 Å². The van der Waals surface area contributed by atoms with Gasteiger partial charge in [0.05, 0.1) is 11.6 Å². The smallest absolute Gasteiger partial charge is 0.233 e. The largest absolute Gasteiger partial charge is 0.355 e. The Morgan fingerprint density at radius 3 is 2.69 bits per heavy atom. The van der Waals surface area contributed by atoms with Crippen LogP contribution < -0.4 is 9.80 Å². The number of nitrogens with zero attached hydrogens (tertiary/aromatic N) is 4. The molecular formula is C24H24N4O. The Morgan fingerprint density at radius 2 is 1.86 bits per heavy atom. The summed E-state index contributed by atoms with van der Waals surface area (Å²) >= 11 is 0. The Labute approximate surface area is 171 Å². The van der Waals surface area contributed by atoms with Crippen LogP contribution in [0.15, 0.2) is 60.9 Å². The monoisotopic (exact) mass is 384 g/mol. The quantitative estimate of drug-likeness (QED) is 0.688. The van der Waals surface area contributed by atoms with E-state index in [9.17, 15) is 4.79 Å². The molecule has 5 rings (SSSR count). The predicted molar refractivity (Wildman–Crippen MR) is 115 cm³/mol. The van der Waals surface area contributed by atoms with Gasteiger partial charge in [-0.25, -0.2) is 9.97 Å². The van der Waals surface area contributed by atoms with Gasteiger partial charge >= 0.3 is 0 Å². The summed E-state index contributed by atoms with van der Waals surface area (Å²) in [5, 5.41) is 0. The number of rotatable bonds is 3. The van der Waals surface area contributed by atoms with Gasteiger partial charge in [0.15, 0.2) is 0 Å². The van der Waals surface area contributed by atoms with E-state index in [2.05, 4.69) is 40.0 Å². The predicted octanol–water partition coefficient (Wildman–Crippen LogP) is 3.87. The molecule has 1 fully saturated rings. The zero-order chi connectivity index (χ0) is 19.8. The third kappa shape index (κ3) is 3.37. The van der Waals surface area contributed by atoms with E-state index in [1.807, 2.05) is 41.3 Å². The van der Waals surface area contributed by atoms with Crippen LogP contribution in [0.4, 0.5) is 11.5 Å². The van der Waals surface area contributed by atoms with Crippen molar-refractivity contribution in [2.24, 2.45) is 5.92 Å². The molecule has 146 valence electrons. The van der Waals surface area contributed by atoms with Gasteiger partial charge in [0.2, 0.25) is 5.91 Å². The molecule has 0 atom stereocenters. The first-order chi connectivity index (χ1) is 14.2. The highest BCUT2D eigenvalue weighted by molar-refractivity contribution is 5.97. The zero-order valence-electron chi connectivity index (χ0n) is 16.6. The molecule has 3 aromatic rings. The number of fused-ring (bicyclic) bond motifs is 1. The van der Waals surface area contributed by atoms with Crippen molar-refractivity contribution in [2.75, 3.05) is 29.4 Å². The minimum absolute atomic E-state index is 0.0254. The van der Waals surface area contributed by atoms with Crippen LogP contribution in [0.5, 0.6) is 0 Å². The molecule has 3 heterocycles. The SMILES string of the molecule is Cc1ccc2c(c1)CCCN2C(=O)C1CN(c2cc(-c3ccccc3)ncn2)C1. The maximum absolute atomic E-state index is 13.2. The van der Waals surface area contributed by atoms with Gasteiger partial charge in [0.1, 0.15) is 12.1 Å². The third-order valence-corrected chi connectivity index (χ3v) is 5.90. The molecule has 0 radical (unpaired) electrons. The first-order valence-electron chi connectivity index (χ1n) is 10.2. The van der Waals surface area contributed by atoms with Crippen LogP contribution in [-0.2, 0) is 11.2 Å². The minimum Gasteiger partial charge on any atom is -0.355 e. The van der Waals surface area contributed by atoms with E-state index in [-0.39, 0.29) is 11.8 Å². The lowest BCUT2D eigenvalue weighted by molar-refractivity contribution is -0.123. The molecule has 2 aliphatic rings. The van der Waals surface area contributed by atoms with Gasteiger partial charge in [-0.1, -0.05) is 48.0 Å². The van der Waals surface area contributed by atoms with Crippen molar-refractivity contribution in [3.8, 4) is 11.3 Å². The number of carbonyl (C=O) groups excluding carboxylic acids is 1. The number of anilines is 2. The highest BCUT2D eigenvalue weighted by atomic mass is 16.2. The summed E-state index contributed by atoms with van der Waals surface area (Å²) < 4.78 is 0. The minimum atomic E-state index is 0.0254.